The summed E-state index contributed by atoms with van der Waals surface area (Å²) in [4.78, 5) is 11.4. The molecule has 3 aromatic rings. The van der Waals surface area contributed by atoms with Crippen molar-refractivity contribution in [3.05, 3.63) is 53.5 Å². The largest absolute Gasteiger partial charge is 0.397 e. The number of fused-ring (bicyclic) bond motifs is 1. The lowest BCUT2D eigenvalue weighted by Crippen LogP contribution is -1.93. The van der Waals surface area contributed by atoms with Crippen LogP contribution in [0.5, 0.6) is 0 Å². The van der Waals surface area contributed by atoms with Crippen LogP contribution in [0, 0.1) is 11.6 Å². The van der Waals surface area contributed by atoms with E-state index < -0.39 is 11.6 Å². The maximum absolute atomic E-state index is 13.1. The zero-order valence-electron chi connectivity index (χ0n) is 9.82. The zero-order chi connectivity index (χ0) is 13.4. The summed E-state index contributed by atoms with van der Waals surface area (Å²) in [6.07, 6.45) is 1.90. The predicted molar refractivity (Wildman–Crippen MR) is 67.5 cm³/mol. The molecule has 0 fully saturated rings. The Bertz CT molecular complexity index is 751. The minimum absolute atomic E-state index is 0.369. The quantitative estimate of drug-likeness (QED) is 0.743. The number of aromatic nitrogens is 3. The monoisotopic (exact) mass is 260 g/mol. The number of pyridine rings is 1. The molecule has 0 saturated heterocycles. The van der Waals surface area contributed by atoms with E-state index in [1.54, 1.807) is 6.07 Å². The van der Waals surface area contributed by atoms with Gasteiger partial charge in [0.05, 0.1) is 11.9 Å². The van der Waals surface area contributed by atoms with Crippen molar-refractivity contribution in [2.75, 3.05) is 5.73 Å². The summed E-state index contributed by atoms with van der Waals surface area (Å²) >= 11 is 0. The molecule has 0 aliphatic rings. The number of hydrogen-bond donors (Lipinski definition) is 2. The molecule has 0 aliphatic carbocycles. The fourth-order valence-electron chi connectivity index (χ4n) is 1.89. The van der Waals surface area contributed by atoms with Crippen molar-refractivity contribution in [2.45, 2.75) is 6.42 Å². The predicted octanol–water partition coefficient (Wildman–Crippen LogP) is 2.41. The van der Waals surface area contributed by atoms with Crippen molar-refractivity contribution in [3.8, 4) is 0 Å². The summed E-state index contributed by atoms with van der Waals surface area (Å²) in [6, 6.07) is 5.48. The van der Waals surface area contributed by atoms with Crippen LogP contribution in [0.15, 0.2) is 30.5 Å². The number of nitrogens with one attached hydrogen (secondary N) is 1. The fourth-order valence-corrected chi connectivity index (χ4v) is 1.89. The van der Waals surface area contributed by atoms with Crippen molar-refractivity contribution in [3.63, 3.8) is 0 Å². The Balaban J connectivity index is 1.94. The van der Waals surface area contributed by atoms with Crippen LogP contribution in [0.3, 0.4) is 0 Å². The molecule has 0 atom stereocenters. The van der Waals surface area contributed by atoms with Crippen LogP contribution >= 0.6 is 0 Å². The normalized spacial score (nSPS) is 11.1. The molecule has 3 N–H and O–H groups in total. The minimum atomic E-state index is -0.865. The van der Waals surface area contributed by atoms with Crippen LogP contribution in [-0.2, 0) is 6.42 Å². The molecule has 96 valence electrons. The highest BCUT2D eigenvalue weighted by atomic mass is 19.2. The van der Waals surface area contributed by atoms with Gasteiger partial charge in [0.15, 0.2) is 17.3 Å². The summed E-state index contributed by atoms with van der Waals surface area (Å²) in [5, 5.41) is 0. The highest BCUT2D eigenvalue weighted by Crippen LogP contribution is 2.15. The summed E-state index contributed by atoms with van der Waals surface area (Å²) < 4.78 is 25.9. The molecule has 0 unspecified atom stereocenters. The van der Waals surface area contributed by atoms with Gasteiger partial charge >= 0.3 is 0 Å². The molecular weight excluding hydrogens is 250 g/mol. The average Bonchev–Trinajstić information content (AvgIpc) is 2.75. The smallest absolute Gasteiger partial charge is 0.159 e. The molecule has 0 saturated carbocycles. The van der Waals surface area contributed by atoms with E-state index in [1.165, 1.54) is 12.3 Å². The van der Waals surface area contributed by atoms with Gasteiger partial charge in [-0.05, 0) is 23.8 Å². The van der Waals surface area contributed by atoms with E-state index >= 15 is 0 Å². The average molecular weight is 260 g/mol. The van der Waals surface area contributed by atoms with Gasteiger partial charge in [0.25, 0.3) is 0 Å². The molecule has 19 heavy (non-hydrogen) atoms. The van der Waals surface area contributed by atoms with Crippen molar-refractivity contribution >= 4 is 16.9 Å². The van der Waals surface area contributed by atoms with Crippen LogP contribution in [0.25, 0.3) is 11.2 Å². The first-order valence-electron chi connectivity index (χ1n) is 5.66. The number of nitrogen functional groups attached to an aromatic ring is 1. The molecule has 0 amide bonds. The Labute approximate surface area is 107 Å². The molecule has 3 rings (SSSR count). The lowest BCUT2D eigenvalue weighted by Gasteiger charge is -1.99. The molecule has 1 aromatic carbocycles. The number of nitrogens with zero attached hydrogens (tertiary/aromatic N) is 2. The van der Waals surface area contributed by atoms with Crippen LogP contribution in [0.4, 0.5) is 14.5 Å². The molecule has 4 nitrogen and oxygen atoms in total. The minimum Gasteiger partial charge on any atom is -0.397 e. The topological polar surface area (TPSA) is 67.6 Å². The van der Waals surface area contributed by atoms with Crippen molar-refractivity contribution < 1.29 is 8.78 Å². The Kier molecular flexibility index (Phi) is 2.63. The molecule has 2 aromatic heterocycles. The highest BCUT2D eigenvalue weighted by molar-refractivity contribution is 5.74. The van der Waals surface area contributed by atoms with Gasteiger partial charge in [-0.2, -0.15) is 0 Å². The Morgan fingerprint density at radius 2 is 2.00 bits per heavy atom. The van der Waals surface area contributed by atoms with Crippen LogP contribution < -0.4 is 5.73 Å². The van der Waals surface area contributed by atoms with E-state index in [2.05, 4.69) is 15.0 Å². The lowest BCUT2D eigenvalue weighted by molar-refractivity contribution is 0.507. The van der Waals surface area contributed by atoms with E-state index in [1.807, 2.05) is 0 Å². The maximum Gasteiger partial charge on any atom is 0.159 e. The number of aromatic amines is 1. The van der Waals surface area contributed by atoms with E-state index in [-0.39, 0.29) is 0 Å². The van der Waals surface area contributed by atoms with Gasteiger partial charge in [-0.25, -0.2) is 18.7 Å². The number of halogens is 2. The van der Waals surface area contributed by atoms with E-state index in [0.717, 1.165) is 12.1 Å². The maximum atomic E-state index is 13.1. The number of anilines is 1. The van der Waals surface area contributed by atoms with Gasteiger partial charge in [-0.3, -0.25) is 0 Å². The number of nitrogens with two attached hydrogens (primary N) is 1. The third kappa shape index (κ3) is 2.24. The van der Waals surface area contributed by atoms with E-state index in [0.29, 0.717) is 34.7 Å². The molecule has 0 bridgehead atoms. The number of rotatable bonds is 2. The number of benzene rings is 1. The molecular formula is C13H10F2N4. The number of hydrogen-bond acceptors (Lipinski definition) is 3. The van der Waals surface area contributed by atoms with Crippen molar-refractivity contribution in [1.29, 1.82) is 0 Å². The standard InChI is InChI=1S/C13H10F2N4/c14-9-2-1-7(3-10(9)15)4-12-18-11-5-8(16)6-17-13(11)19-12/h1-3,5-6H,4,16H2,(H,17,18,19). The number of H-pyrrole nitrogens is 1. The fraction of sp³-hybridized carbons (Fsp3) is 0.0769. The SMILES string of the molecule is Nc1cnc2[nH]c(Cc3ccc(F)c(F)c3)nc2c1. The van der Waals surface area contributed by atoms with E-state index in [9.17, 15) is 8.78 Å². The van der Waals surface area contributed by atoms with Crippen LogP contribution in [0.2, 0.25) is 0 Å². The number of imidazole rings is 1. The summed E-state index contributed by atoms with van der Waals surface area (Å²) in [5.74, 6) is -1.10. The Hall–Kier alpha value is -2.50. The second-order valence-corrected chi connectivity index (χ2v) is 4.25. The molecule has 6 heteroatoms. The Morgan fingerprint density at radius 3 is 2.79 bits per heavy atom. The summed E-state index contributed by atoms with van der Waals surface area (Å²) in [5.41, 5.74) is 8.04. The van der Waals surface area contributed by atoms with Gasteiger partial charge in [0.2, 0.25) is 0 Å². The van der Waals surface area contributed by atoms with Crippen molar-refractivity contribution in [1.82, 2.24) is 15.0 Å². The van der Waals surface area contributed by atoms with Gasteiger partial charge in [-0.15, -0.1) is 0 Å². The van der Waals surface area contributed by atoms with Gasteiger partial charge in [0.1, 0.15) is 11.3 Å². The lowest BCUT2D eigenvalue weighted by atomic mass is 10.1. The molecule has 0 aliphatic heterocycles. The first kappa shape index (κ1) is 11.6. The van der Waals surface area contributed by atoms with Gasteiger partial charge < -0.3 is 10.7 Å². The summed E-state index contributed by atoms with van der Waals surface area (Å²) in [6.45, 7) is 0. The van der Waals surface area contributed by atoms with Crippen LogP contribution in [0.1, 0.15) is 11.4 Å². The Morgan fingerprint density at radius 1 is 1.16 bits per heavy atom. The third-order valence-corrected chi connectivity index (χ3v) is 2.76. The second-order valence-electron chi connectivity index (χ2n) is 4.25. The first-order chi connectivity index (χ1) is 9.11. The van der Waals surface area contributed by atoms with Crippen molar-refractivity contribution in [2.24, 2.45) is 0 Å². The van der Waals surface area contributed by atoms with Gasteiger partial charge in [0, 0.05) is 6.42 Å². The summed E-state index contributed by atoms with van der Waals surface area (Å²) in [7, 11) is 0. The molecule has 0 spiro atoms. The zero-order valence-corrected chi connectivity index (χ0v) is 9.82. The van der Waals surface area contributed by atoms with Crippen LogP contribution in [-0.4, -0.2) is 15.0 Å². The van der Waals surface area contributed by atoms with E-state index in [4.69, 9.17) is 5.73 Å². The first-order valence-corrected chi connectivity index (χ1v) is 5.66. The third-order valence-electron chi connectivity index (χ3n) is 2.76. The molecule has 0 radical (unpaired) electrons. The van der Waals surface area contributed by atoms with Gasteiger partial charge in [-0.1, -0.05) is 6.07 Å². The second kappa shape index (κ2) is 4.31. The molecule has 2 heterocycles. The highest BCUT2D eigenvalue weighted by Gasteiger charge is 2.07.